The summed E-state index contributed by atoms with van der Waals surface area (Å²) in [6, 6.07) is 0. The molecule has 16 heavy (non-hydrogen) atoms. The zero-order valence-corrected chi connectivity index (χ0v) is 9.56. The number of carboxylic acid groups (broad SMARTS) is 1. The molecule has 0 atom stereocenters. The topological polar surface area (TPSA) is 90.4 Å². The number of ether oxygens (including phenoxy) is 1. The smallest absolute Gasteiger partial charge is 0.356 e. The van der Waals surface area contributed by atoms with Gasteiger partial charge in [-0.2, -0.15) is 5.10 Å². The minimum Gasteiger partial charge on any atom is -0.476 e. The first-order chi connectivity index (χ1) is 7.61. The molecule has 3 N–H and O–H groups in total. The quantitative estimate of drug-likeness (QED) is 0.699. The first-order valence-electron chi connectivity index (χ1n) is 5.19. The monoisotopic (exact) mass is 227 g/mol. The van der Waals surface area contributed by atoms with Crippen molar-refractivity contribution in [3.63, 3.8) is 0 Å². The summed E-state index contributed by atoms with van der Waals surface area (Å²) in [5.74, 6) is -1.06. The molecule has 1 rings (SSSR count). The first kappa shape index (κ1) is 12.7. The fourth-order valence-electron chi connectivity index (χ4n) is 1.42. The number of nitrogens with two attached hydrogens (primary N) is 1. The lowest BCUT2D eigenvalue weighted by Crippen LogP contribution is -2.08. The molecule has 6 heteroatoms. The lowest BCUT2D eigenvalue weighted by molar-refractivity contribution is 0.0639. The van der Waals surface area contributed by atoms with E-state index in [-0.39, 0.29) is 19.0 Å². The summed E-state index contributed by atoms with van der Waals surface area (Å²) in [7, 11) is 0. The molecule has 0 saturated carbocycles. The van der Waals surface area contributed by atoms with Crippen LogP contribution in [0, 0.1) is 6.92 Å². The molecule has 0 saturated heterocycles. The highest BCUT2D eigenvalue weighted by molar-refractivity contribution is 5.87. The fraction of sp³-hybridized carbons (Fsp3) is 0.600. The SMILES string of the molecule is CCCOCn1nc(C(=O)O)c(CN)c1C. The summed E-state index contributed by atoms with van der Waals surface area (Å²) in [5.41, 5.74) is 6.82. The van der Waals surface area contributed by atoms with Gasteiger partial charge in [-0.15, -0.1) is 0 Å². The van der Waals surface area contributed by atoms with Crippen molar-refractivity contribution < 1.29 is 14.6 Å². The molecule has 1 heterocycles. The number of aromatic carboxylic acids is 1. The molecule has 0 amide bonds. The Morgan fingerprint density at radius 2 is 2.31 bits per heavy atom. The van der Waals surface area contributed by atoms with E-state index in [2.05, 4.69) is 5.10 Å². The van der Waals surface area contributed by atoms with Crippen LogP contribution in [0.5, 0.6) is 0 Å². The highest BCUT2D eigenvalue weighted by Crippen LogP contribution is 2.13. The summed E-state index contributed by atoms with van der Waals surface area (Å²) < 4.78 is 6.84. The van der Waals surface area contributed by atoms with Crippen LogP contribution >= 0.6 is 0 Å². The van der Waals surface area contributed by atoms with Crippen molar-refractivity contribution in [3.05, 3.63) is 17.0 Å². The molecule has 0 fully saturated rings. The molecule has 90 valence electrons. The van der Waals surface area contributed by atoms with Gasteiger partial charge in [0.1, 0.15) is 6.73 Å². The zero-order chi connectivity index (χ0) is 12.1. The van der Waals surface area contributed by atoms with E-state index in [9.17, 15) is 4.79 Å². The summed E-state index contributed by atoms with van der Waals surface area (Å²) in [4.78, 5) is 10.9. The highest BCUT2D eigenvalue weighted by Gasteiger charge is 2.18. The Bertz CT molecular complexity index is 374. The number of hydrogen-bond donors (Lipinski definition) is 2. The van der Waals surface area contributed by atoms with Crippen LogP contribution in [0.1, 0.15) is 35.1 Å². The van der Waals surface area contributed by atoms with Crippen molar-refractivity contribution in [3.8, 4) is 0 Å². The number of carbonyl (C=O) groups is 1. The van der Waals surface area contributed by atoms with Crippen molar-refractivity contribution in [2.24, 2.45) is 5.73 Å². The van der Waals surface area contributed by atoms with E-state index in [1.165, 1.54) is 4.68 Å². The minimum atomic E-state index is -1.06. The van der Waals surface area contributed by atoms with Crippen LogP contribution < -0.4 is 5.73 Å². The zero-order valence-electron chi connectivity index (χ0n) is 9.56. The molecule has 1 aromatic heterocycles. The Morgan fingerprint density at radius 3 is 2.75 bits per heavy atom. The molecule has 0 unspecified atom stereocenters. The predicted octanol–water partition coefficient (Wildman–Crippen LogP) is 0.733. The Morgan fingerprint density at radius 1 is 1.62 bits per heavy atom. The Labute approximate surface area is 94.0 Å². The van der Waals surface area contributed by atoms with Crippen LogP contribution in [0.15, 0.2) is 0 Å². The largest absolute Gasteiger partial charge is 0.476 e. The highest BCUT2D eigenvalue weighted by atomic mass is 16.5. The summed E-state index contributed by atoms with van der Waals surface area (Å²) >= 11 is 0. The van der Waals surface area contributed by atoms with Gasteiger partial charge >= 0.3 is 5.97 Å². The summed E-state index contributed by atoms with van der Waals surface area (Å²) in [5, 5.41) is 12.9. The van der Waals surface area contributed by atoms with Crippen molar-refractivity contribution in [2.45, 2.75) is 33.5 Å². The fourth-order valence-corrected chi connectivity index (χ4v) is 1.42. The van der Waals surface area contributed by atoms with Crippen LogP contribution in [0.25, 0.3) is 0 Å². The van der Waals surface area contributed by atoms with E-state index in [1.54, 1.807) is 6.92 Å². The summed E-state index contributed by atoms with van der Waals surface area (Å²) in [6.07, 6.45) is 0.913. The number of aromatic nitrogens is 2. The van der Waals surface area contributed by atoms with E-state index < -0.39 is 5.97 Å². The average molecular weight is 227 g/mol. The van der Waals surface area contributed by atoms with Crippen molar-refractivity contribution in [2.75, 3.05) is 6.61 Å². The Balaban J connectivity index is 2.89. The van der Waals surface area contributed by atoms with Crippen molar-refractivity contribution in [1.82, 2.24) is 9.78 Å². The normalized spacial score (nSPS) is 10.7. The van der Waals surface area contributed by atoms with Crippen LogP contribution in [-0.2, 0) is 18.0 Å². The maximum Gasteiger partial charge on any atom is 0.356 e. The van der Waals surface area contributed by atoms with Crippen LogP contribution in [0.3, 0.4) is 0 Å². The third-order valence-electron chi connectivity index (χ3n) is 2.30. The van der Waals surface area contributed by atoms with Crippen molar-refractivity contribution >= 4 is 5.97 Å². The molecule has 0 aliphatic rings. The number of rotatable bonds is 6. The van der Waals surface area contributed by atoms with Crippen LogP contribution in [0.2, 0.25) is 0 Å². The second kappa shape index (κ2) is 5.62. The first-order valence-corrected chi connectivity index (χ1v) is 5.19. The maximum absolute atomic E-state index is 10.9. The molecular formula is C10H17N3O3. The number of carboxylic acids is 1. The average Bonchev–Trinajstić information content (AvgIpc) is 2.56. The Hall–Kier alpha value is -1.40. The van der Waals surface area contributed by atoms with Gasteiger partial charge < -0.3 is 15.6 Å². The van der Waals surface area contributed by atoms with Gasteiger partial charge in [-0.25, -0.2) is 9.48 Å². The summed E-state index contributed by atoms with van der Waals surface area (Å²) in [6.45, 7) is 4.85. The van der Waals surface area contributed by atoms with E-state index in [1.807, 2.05) is 6.92 Å². The third kappa shape index (κ3) is 2.59. The van der Waals surface area contributed by atoms with Gasteiger partial charge in [-0.1, -0.05) is 6.92 Å². The van der Waals surface area contributed by atoms with Gasteiger partial charge in [-0.3, -0.25) is 0 Å². The molecule has 0 aromatic carbocycles. The van der Waals surface area contributed by atoms with Gasteiger partial charge in [0.25, 0.3) is 0 Å². The predicted molar refractivity (Wildman–Crippen MR) is 58.1 cm³/mol. The van der Waals surface area contributed by atoms with E-state index in [4.69, 9.17) is 15.6 Å². The standard InChI is InChI=1S/C10H17N3O3/c1-3-4-16-6-13-7(2)8(5-11)9(12-13)10(14)15/h3-6,11H2,1-2H3,(H,14,15). The molecule has 0 aliphatic heterocycles. The molecule has 0 bridgehead atoms. The second-order valence-corrected chi connectivity index (χ2v) is 3.46. The maximum atomic E-state index is 10.9. The lowest BCUT2D eigenvalue weighted by atomic mass is 10.2. The van der Waals surface area contributed by atoms with Gasteiger partial charge in [0.15, 0.2) is 5.69 Å². The van der Waals surface area contributed by atoms with E-state index in [0.29, 0.717) is 12.2 Å². The second-order valence-electron chi connectivity index (χ2n) is 3.46. The molecule has 0 aliphatic carbocycles. The molecule has 0 spiro atoms. The molecular weight excluding hydrogens is 210 g/mol. The third-order valence-corrected chi connectivity index (χ3v) is 2.30. The number of hydrogen-bond acceptors (Lipinski definition) is 4. The van der Waals surface area contributed by atoms with Gasteiger partial charge in [0.05, 0.1) is 0 Å². The van der Waals surface area contributed by atoms with E-state index in [0.717, 1.165) is 12.1 Å². The van der Waals surface area contributed by atoms with Crippen LogP contribution in [-0.4, -0.2) is 27.5 Å². The molecule has 0 radical (unpaired) electrons. The van der Waals surface area contributed by atoms with E-state index >= 15 is 0 Å². The van der Waals surface area contributed by atoms with Gasteiger partial charge in [0, 0.05) is 24.4 Å². The molecule has 1 aromatic rings. The van der Waals surface area contributed by atoms with Crippen LogP contribution in [0.4, 0.5) is 0 Å². The van der Waals surface area contributed by atoms with Gasteiger partial charge in [0.2, 0.25) is 0 Å². The molecule has 6 nitrogen and oxygen atoms in total. The number of nitrogens with zero attached hydrogens (tertiary/aromatic N) is 2. The van der Waals surface area contributed by atoms with Crippen molar-refractivity contribution in [1.29, 1.82) is 0 Å². The minimum absolute atomic E-state index is 0.0140. The van der Waals surface area contributed by atoms with Gasteiger partial charge in [-0.05, 0) is 13.3 Å². The lowest BCUT2D eigenvalue weighted by Gasteiger charge is -2.04. The Kier molecular flexibility index (Phi) is 4.45.